The quantitative estimate of drug-likeness (QED) is 0.843. The number of halogens is 3. The summed E-state index contributed by atoms with van der Waals surface area (Å²) in [6.45, 7) is 0. The minimum absolute atomic E-state index is 0.402. The van der Waals surface area contributed by atoms with Gasteiger partial charge in [0, 0.05) is 4.90 Å². The number of benzene rings is 1. The number of hydrogen-bond acceptors (Lipinski definition) is 2. The Morgan fingerprint density at radius 2 is 2.00 bits per heavy atom. The van der Waals surface area contributed by atoms with Gasteiger partial charge in [0.2, 0.25) is 0 Å². The molecule has 92 valence electrons. The molecule has 17 heavy (non-hydrogen) atoms. The van der Waals surface area contributed by atoms with Crippen molar-refractivity contribution in [3.63, 3.8) is 0 Å². The fourth-order valence-corrected chi connectivity index (χ4v) is 3.08. The molecule has 0 aliphatic carbocycles. The molecule has 2 unspecified atom stereocenters. The Morgan fingerprint density at radius 1 is 1.35 bits per heavy atom. The Bertz CT molecular complexity index is 445. The average Bonchev–Trinajstić information content (AvgIpc) is 2.26. The zero-order chi connectivity index (χ0) is 12.6. The molecular formula is C11H9F3O2S. The highest BCUT2D eigenvalue weighted by atomic mass is 32.2. The van der Waals surface area contributed by atoms with Crippen LogP contribution >= 0.6 is 11.8 Å². The first kappa shape index (κ1) is 12.3. The molecule has 2 nitrogen and oxygen atoms in total. The van der Waals surface area contributed by atoms with E-state index in [1.54, 1.807) is 18.2 Å². The van der Waals surface area contributed by atoms with Gasteiger partial charge in [-0.25, -0.2) is 0 Å². The van der Waals surface area contributed by atoms with Crippen molar-refractivity contribution in [1.29, 1.82) is 0 Å². The molecule has 0 saturated heterocycles. The predicted molar refractivity (Wildman–Crippen MR) is 57.1 cm³/mol. The molecule has 6 heteroatoms. The zero-order valence-electron chi connectivity index (χ0n) is 8.57. The number of carbonyl (C=O) groups is 1. The predicted octanol–water partition coefficient (Wildman–Crippen LogP) is 3.28. The van der Waals surface area contributed by atoms with Gasteiger partial charge in [0.25, 0.3) is 0 Å². The van der Waals surface area contributed by atoms with Crippen molar-refractivity contribution >= 4 is 17.7 Å². The molecule has 0 aromatic heterocycles. The standard InChI is InChI=1S/C11H9F3O2S/c12-11(13,14)9-5-7(10(15)16)6-3-1-2-4-8(6)17-9/h1-4,7,9H,5H2,(H,15,16). The minimum Gasteiger partial charge on any atom is -0.481 e. The summed E-state index contributed by atoms with van der Waals surface area (Å²) in [5.74, 6) is -2.27. The maximum Gasteiger partial charge on any atom is 0.400 e. The Balaban J connectivity index is 2.40. The summed E-state index contributed by atoms with van der Waals surface area (Å²) >= 11 is 0.697. The van der Waals surface area contributed by atoms with Crippen molar-refractivity contribution in [2.24, 2.45) is 0 Å². The minimum atomic E-state index is -4.37. The van der Waals surface area contributed by atoms with E-state index in [1.807, 2.05) is 0 Å². The second kappa shape index (κ2) is 4.25. The molecule has 0 bridgehead atoms. The lowest BCUT2D eigenvalue weighted by Crippen LogP contribution is -2.32. The third-order valence-electron chi connectivity index (χ3n) is 2.68. The van der Waals surface area contributed by atoms with E-state index >= 15 is 0 Å². The van der Waals surface area contributed by atoms with Gasteiger partial charge in [0.05, 0.1) is 5.92 Å². The third kappa shape index (κ3) is 2.41. The van der Waals surface area contributed by atoms with E-state index in [0.717, 1.165) is 0 Å². The van der Waals surface area contributed by atoms with Crippen LogP contribution in [0.4, 0.5) is 13.2 Å². The zero-order valence-corrected chi connectivity index (χ0v) is 9.39. The van der Waals surface area contributed by atoms with Crippen molar-refractivity contribution < 1.29 is 23.1 Å². The first-order valence-corrected chi connectivity index (χ1v) is 5.82. The number of carboxylic acid groups (broad SMARTS) is 1. The first-order chi connectivity index (χ1) is 7.89. The van der Waals surface area contributed by atoms with Gasteiger partial charge in [0.1, 0.15) is 5.25 Å². The largest absolute Gasteiger partial charge is 0.481 e. The van der Waals surface area contributed by atoms with E-state index in [0.29, 0.717) is 22.2 Å². The van der Waals surface area contributed by atoms with Crippen LogP contribution in [0.15, 0.2) is 29.2 Å². The molecule has 1 aromatic carbocycles. The number of carboxylic acids is 1. The van der Waals surface area contributed by atoms with Gasteiger partial charge in [-0.1, -0.05) is 18.2 Å². The van der Waals surface area contributed by atoms with Crippen LogP contribution in [-0.2, 0) is 4.79 Å². The van der Waals surface area contributed by atoms with Gasteiger partial charge in [-0.05, 0) is 18.1 Å². The van der Waals surface area contributed by atoms with E-state index in [-0.39, 0.29) is 0 Å². The van der Waals surface area contributed by atoms with Crippen LogP contribution in [0.25, 0.3) is 0 Å². The number of aliphatic carboxylic acids is 1. The Labute approximate surface area is 99.8 Å². The molecule has 1 aliphatic heterocycles. The molecule has 0 saturated carbocycles. The SMILES string of the molecule is O=C(O)C1CC(C(F)(F)F)Sc2ccccc21. The number of hydrogen-bond donors (Lipinski definition) is 1. The van der Waals surface area contributed by atoms with E-state index in [4.69, 9.17) is 5.11 Å². The van der Waals surface area contributed by atoms with Gasteiger partial charge in [0.15, 0.2) is 0 Å². The Hall–Kier alpha value is -1.17. The van der Waals surface area contributed by atoms with Crippen molar-refractivity contribution in [1.82, 2.24) is 0 Å². The summed E-state index contributed by atoms with van der Waals surface area (Å²) in [5.41, 5.74) is 0.477. The molecule has 0 fully saturated rings. The summed E-state index contributed by atoms with van der Waals surface area (Å²) in [6, 6.07) is 6.37. The van der Waals surface area contributed by atoms with Crippen LogP contribution < -0.4 is 0 Å². The first-order valence-electron chi connectivity index (χ1n) is 4.94. The lowest BCUT2D eigenvalue weighted by atomic mass is 9.93. The third-order valence-corrected chi connectivity index (χ3v) is 4.05. The lowest BCUT2D eigenvalue weighted by Gasteiger charge is -2.29. The lowest BCUT2D eigenvalue weighted by molar-refractivity contribution is -0.143. The van der Waals surface area contributed by atoms with Gasteiger partial charge in [-0.3, -0.25) is 4.79 Å². The molecule has 0 radical (unpaired) electrons. The molecule has 2 rings (SSSR count). The van der Waals surface area contributed by atoms with Gasteiger partial charge >= 0.3 is 12.1 Å². The van der Waals surface area contributed by atoms with Crippen LogP contribution in [0.1, 0.15) is 17.9 Å². The number of rotatable bonds is 1. The van der Waals surface area contributed by atoms with E-state index in [9.17, 15) is 18.0 Å². The van der Waals surface area contributed by atoms with Crippen LogP contribution in [0, 0.1) is 0 Å². The molecule has 1 aromatic rings. The molecule has 1 heterocycles. The second-order valence-corrected chi connectivity index (χ2v) is 5.06. The maximum atomic E-state index is 12.7. The van der Waals surface area contributed by atoms with E-state index in [2.05, 4.69) is 0 Å². The average molecular weight is 262 g/mol. The van der Waals surface area contributed by atoms with Crippen molar-refractivity contribution in [3.8, 4) is 0 Å². The van der Waals surface area contributed by atoms with E-state index in [1.165, 1.54) is 6.07 Å². The highest BCUT2D eigenvalue weighted by molar-refractivity contribution is 8.00. The van der Waals surface area contributed by atoms with Gasteiger partial charge in [-0.2, -0.15) is 13.2 Å². The monoisotopic (exact) mass is 262 g/mol. The Morgan fingerprint density at radius 3 is 2.59 bits per heavy atom. The van der Waals surface area contributed by atoms with Crippen LogP contribution in [0.5, 0.6) is 0 Å². The highest BCUT2D eigenvalue weighted by Gasteiger charge is 2.46. The van der Waals surface area contributed by atoms with Crippen molar-refractivity contribution in [2.75, 3.05) is 0 Å². The van der Waals surface area contributed by atoms with Crippen molar-refractivity contribution in [3.05, 3.63) is 29.8 Å². The Kier molecular flexibility index (Phi) is 3.07. The number of thioether (sulfide) groups is 1. The fourth-order valence-electron chi connectivity index (χ4n) is 1.85. The van der Waals surface area contributed by atoms with Gasteiger partial charge in [-0.15, -0.1) is 11.8 Å². The molecule has 1 aliphatic rings. The molecule has 0 amide bonds. The maximum absolute atomic E-state index is 12.7. The van der Waals surface area contributed by atoms with Crippen LogP contribution in [-0.4, -0.2) is 22.5 Å². The van der Waals surface area contributed by atoms with E-state index < -0.39 is 29.7 Å². The summed E-state index contributed by atoms with van der Waals surface area (Å²) in [6.07, 6.45) is -4.77. The normalized spacial score (nSPS) is 24.2. The molecular weight excluding hydrogens is 253 g/mol. The van der Waals surface area contributed by atoms with Crippen molar-refractivity contribution in [2.45, 2.75) is 28.7 Å². The topological polar surface area (TPSA) is 37.3 Å². The number of fused-ring (bicyclic) bond motifs is 1. The summed E-state index contributed by atoms with van der Waals surface area (Å²) < 4.78 is 38.0. The molecule has 1 N–H and O–H groups in total. The fraction of sp³-hybridized carbons (Fsp3) is 0.364. The highest BCUT2D eigenvalue weighted by Crippen LogP contribution is 2.47. The molecule has 2 atom stereocenters. The second-order valence-electron chi connectivity index (χ2n) is 3.81. The van der Waals surface area contributed by atoms with Crippen LogP contribution in [0.2, 0.25) is 0 Å². The summed E-state index contributed by atoms with van der Waals surface area (Å²) in [4.78, 5) is 11.4. The molecule has 0 spiro atoms. The van der Waals surface area contributed by atoms with Gasteiger partial charge < -0.3 is 5.11 Å². The smallest absolute Gasteiger partial charge is 0.400 e. The van der Waals surface area contributed by atoms with Crippen LogP contribution in [0.3, 0.4) is 0 Å². The summed E-state index contributed by atoms with van der Waals surface area (Å²) in [7, 11) is 0. The summed E-state index contributed by atoms with van der Waals surface area (Å²) in [5, 5.41) is 7.35. The number of alkyl halides is 3.